The fourth-order valence-electron chi connectivity index (χ4n) is 1.41. The van der Waals surface area contributed by atoms with Gasteiger partial charge in [-0.3, -0.25) is 4.79 Å². The van der Waals surface area contributed by atoms with Crippen molar-refractivity contribution in [3.8, 4) is 0 Å². The molecule has 0 aliphatic heterocycles. The molecule has 0 aromatic heterocycles. The summed E-state index contributed by atoms with van der Waals surface area (Å²) in [6, 6.07) is 9.52. The Balaban J connectivity index is 2.69. The lowest BCUT2D eigenvalue weighted by atomic mass is 10.0. The molecule has 0 fully saturated rings. The number of hydrogen-bond donors (Lipinski definition) is 2. The SMILES string of the molecule is CC[C@H](NC(=O)C(C)N)c1ccccc1. The molecule has 1 aromatic rings. The molecule has 0 radical (unpaired) electrons. The first-order chi connectivity index (χ1) is 7.15. The molecule has 0 heterocycles. The molecular formula is C12H18N2O. The molecule has 1 amide bonds. The minimum atomic E-state index is -0.456. The van der Waals surface area contributed by atoms with Crippen molar-refractivity contribution in [1.29, 1.82) is 0 Å². The molecule has 82 valence electrons. The van der Waals surface area contributed by atoms with Gasteiger partial charge in [0, 0.05) is 0 Å². The van der Waals surface area contributed by atoms with Crippen LogP contribution in [0.5, 0.6) is 0 Å². The molecule has 1 unspecified atom stereocenters. The van der Waals surface area contributed by atoms with Crippen molar-refractivity contribution in [2.45, 2.75) is 32.4 Å². The molecule has 2 atom stereocenters. The highest BCUT2D eigenvalue weighted by Crippen LogP contribution is 2.15. The zero-order valence-corrected chi connectivity index (χ0v) is 9.23. The van der Waals surface area contributed by atoms with Crippen LogP contribution in [0.4, 0.5) is 0 Å². The highest BCUT2D eigenvalue weighted by Gasteiger charge is 2.14. The summed E-state index contributed by atoms with van der Waals surface area (Å²) >= 11 is 0. The van der Waals surface area contributed by atoms with Crippen LogP contribution in [-0.2, 0) is 4.79 Å². The summed E-state index contributed by atoms with van der Waals surface area (Å²) in [5, 5.41) is 2.92. The van der Waals surface area contributed by atoms with Crippen molar-refractivity contribution in [2.24, 2.45) is 5.73 Å². The molecule has 0 saturated heterocycles. The summed E-state index contributed by atoms with van der Waals surface area (Å²) in [7, 11) is 0. The van der Waals surface area contributed by atoms with E-state index < -0.39 is 6.04 Å². The summed E-state index contributed by atoms with van der Waals surface area (Å²) < 4.78 is 0. The molecule has 1 rings (SSSR count). The number of nitrogens with one attached hydrogen (secondary N) is 1. The molecule has 3 nitrogen and oxygen atoms in total. The first-order valence-corrected chi connectivity index (χ1v) is 5.26. The highest BCUT2D eigenvalue weighted by atomic mass is 16.2. The second-order valence-corrected chi connectivity index (χ2v) is 3.67. The quantitative estimate of drug-likeness (QED) is 0.786. The Labute approximate surface area is 90.7 Å². The van der Waals surface area contributed by atoms with Gasteiger partial charge in [-0.25, -0.2) is 0 Å². The van der Waals surface area contributed by atoms with E-state index in [0.29, 0.717) is 0 Å². The van der Waals surface area contributed by atoms with Crippen molar-refractivity contribution < 1.29 is 4.79 Å². The Morgan fingerprint density at radius 1 is 1.40 bits per heavy atom. The third-order valence-electron chi connectivity index (χ3n) is 2.34. The van der Waals surface area contributed by atoms with Crippen LogP contribution in [0.2, 0.25) is 0 Å². The average Bonchev–Trinajstić information content (AvgIpc) is 2.26. The van der Waals surface area contributed by atoms with Crippen molar-refractivity contribution >= 4 is 5.91 Å². The molecule has 0 bridgehead atoms. The van der Waals surface area contributed by atoms with Gasteiger partial charge in [-0.15, -0.1) is 0 Å². The Morgan fingerprint density at radius 3 is 2.47 bits per heavy atom. The first-order valence-electron chi connectivity index (χ1n) is 5.26. The van der Waals surface area contributed by atoms with E-state index in [1.165, 1.54) is 0 Å². The third kappa shape index (κ3) is 3.36. The van der Waals surface area contributed by atoms with Gasteiger partial charge in [-0.05, 0) is 18.9 Å². The van der Waals surface area contributed by atoms with Crippen LogP contribution in [0.15, 0.2) is 30.3 Å². The maximum absolute atomic E-state index is 11.4. The molecule has 0 aliphatic rings. The Kier molecular flexibility index (Phi) is 4.31. The van der Waals surface area contributed by atoms with Crippen LogP contribution in [-0.4, -0.2) is 11.9 Å². The van der Waals surface area contributed by atoms with Crippen LogP contribution in [0.25, 0.3) is 0 Å². The summed E-state index contributed by atoms with van der Waals surface area (Å²) in [5.41, 5.74) is 6.62. The number of amides is 1. The maximum Gasteiger partial charge on any atom is 0.237 e. The van der Waals surface area contributed by atoms with Gasteiger partial charge in [0.1, 0.15) is 0 Å². The monoisotopic (exact) mass is 206 g/mol. The molecular weight excluding hydrogens is 188 g/mol. The van der Waals surface area contributed by atoms with Gasteiger partial charge in [-0.1, -0.05) is 37.3 Å². The number of benzene rings is 1. The number of rotatable bonds is 4. The zero-order chi connectivity index (χ0) is 11.3. The van der Waals surface area contributed by atoms with Gasteiger partial charge in [0.25, 0.3) is 0 Å². The van der Waals surface area contributed by atoms with Crippen LogP contribution in [0, 0.1) is 0 Å². The summed E-state index contributed by atoms with van der Waals surface area (Å²) in [5.74, 6) is -0.106. The van der Waals surface area contributed by atoms with E-state index in [9.17, 15) is 4.79 Å². The smallest absolute Gasteiger partial charge is 0.237 e. The van der Waals surface area contributed by atoms with Gasteiger partial charge in [0.2, 0.25) is 5.91 Å². The van der Waals surface area contributed by atoms with E-state index in [2.05, 4.69) is 5.32 Å². The van der Waals surface area contributed by atoms with E-state index in [4.69, 9.17) is 5.73 Å². The minimum absolute atomic E-state index is 0.0599. The van der Waals surface area contributed by atoms with Crippen LogP contribution < -0.4 is 11.1 Å². The van der Waals surface area contributed by atoms with E-state index in [0.717, 1.165) is 12.0 Å². The molecule has 0 saturated carbocycles. The van der Waals surface area contributed by atoms with E-state index in [1.807, 2.05) is 37.3 Å². The molecule has 3 heteroatoms. The number of carbonyl (C=O) groups is 1. The normalized spacial score (nSPS) is 14.3. The standard InChI is InChI=1S/C12H18N2O/c1-3-11(14-12(15)9(2)13)10-7-5-4-6-8-10/h4-9,11H,3,13H2,1-2H3,(H,14,15)/t9?,11-/m0/s1. The van der Waals surface area contributed by atoms with E-state index in [1.54, 1.807) is 6.92 Å². The van der Waals surface area contributed by atoms with Gasteiger partial charge in [-0.2, -0.15) is 0 Å². The Bertz CT molecular complexity index is 309. The topological polar surface area (TPSA) is 55.1 Å². The van der Waals surface area contributed by atoms with Crippen molar-refractivity contribution in [3.05, 3.63) is 35.9 Å². The van der Waals surface area contributed by atoms with Gasteiger partial charge >= 0.3 is 0 Å². The largest absolute Gasteiger partial charge is 0.348 e. The molecule has 0 spiro atoms. The maximum atomic E-state index is 11.4. The minimum Gasteiger partial charge on any atom is -0.348 e. The number of carbonyl (C=O) groups excluding carboxylic acids is 1. The Morgan fingerprint density at radius 2 is 2.00 bits per heavy atom. The lowest BCUT2D eigenvalue weighted by Crippen LogP contribution is -2.40. The van der Waals surface area contributed by atoms with E-state index in [-0.39, 0.29) is 11.9 Å². The molecule has 15 heavy (non-hydrogen) atoms. The lowest BCUT2D eigenvalue weighted by Gasteiger charge is -2.18. The highest BCUT2D eigenvalue weighted by molar-refractivity contribution is 5.81. The predicted molar refractivity (Wildman–Crippen MR) is 61.3 cm³/mol. The van der Waals surface area contributed by atoms with Gasteiger partial charge in [0.15, 0.2) is 0 Å². The summed E-state index contributed by atoms with van der Waals surface area (Å²) in [6.07, 6.45) is 0.864. The summed E-state index contributed by atoms with van der Waals surface area (Å²) in [4.78, 5) is 11.4. The molecule has 0 aliphatic carbocycles. The van der Waals surface area contributed by atoms with Gasteiger partial charge < -0.3 is 11.1 Å². The fourth-order valence-corrected chi connectivity index (χ4v) is 1.41. The van der Waals surface area contributed by atoms with Crippen LogP contribution in [0.1, 0.15) is 31.9 Å². The van der Waals surface area contributed by atoms with E-state index >= 15 is 0 Å². The number of nitrogens with two attached hydrogens (primary N) is 1. The van der Waals surface area contributed by atoms with Crippen molar-refractivity contribution in [1.82, 2.24) is 5.32 Å². The average molecular weight is 206 g/mol. The molecule has 1 aromatic carbocycles. The fraction of sp³-hybridized carbons (Fsp3) is 0.417. The first kappa shape index (κ1) is 11.7. The van der Waals surface area contributed by atoms with Crippen LogP contribution >= 0.6 is 0 Å². The zero-order valence-electron chi connectivity index (χ0n) is 9.23. The number of hydrogen-bond acceptors (Lipinski definition) is 2. The predicted octanol–water partition coefficient (Wildman–Crippen LogP) is 1.60. The third-order valence-corrected chi connectivity index (χ3v) is 2.34. The van der Waals surface area contributed by atoms with Gasteiger partial charge in [0.05, 0.1) is 12.1 Å². The van der Waals surface area contributed by atoms with Crippen LogP contribution in [0.3, 0.4) is 0 Å². The molecule has 3 N–H and O–H groups in total. The Hall–Kier alpha value is -1.35. The second-order valence-electron chi connectivity index (χ2n) is 3.67. The second kappa shape index (κ2) is 5.51. The summed E-state index contributed by atoms with van der Waals surface area (Å²) in [6.45, 7) is 3.73. The van der Waals surface area contributed by atoms with Crippen molar-refractivity contribution in [2.75, 3.05) is 0 Å². The van der Waals surface area contributed by atoms with Crippen molar-refractivity contribution in [3.63, 3.8) is 0 Å². The lowest BCUT2D eigenvalue weighted by molar-refractivity contribution is -0.122.